The summed E-state index contributed by atoms with van der Waals surface area (Å²) >= 11 is 0. The van der Waals surface area contributed by atoms with E-state index in [0.717, 1.165) is 12.8 Å². The van der Waals surface area contributed by atoms with Crippen LogP contribution in [0.4, 0.5) is 0 Å². The summed E-state index contributed by atoms with van der Waals surface area (Å²) in [5.74, 6) is -0.766. The highest BCUT2D eigenvalue weighted by atomic mass is 16.7. The molecule has 30 heavy (non-hydrogen) atoms. The fraction of sp³-hybridized carbons (Fsp3) is 0.960. The first-order valence-corrected chi connectivity index (χ1v) is 12.5. The lowest BCUT2D eigenvalue weighted by Crippen LogP contribution is -2.27. The van der Waals surface area contributed by atoms with Crippen LogP contribution in [-0.2, 0) is 23.7 Å². The molecule has 2 unspecified atom stereocenters. The number of carbonyl (C=O) groups excluding carboxylic acids is 1. The summed E-state index contributed by atoms with van der Waals surface area (Å²) in [6, 6.07) is 0. The van der Waals surface area contributed by atoms with Crippen LogP contribution >= 0.6 is 0 Å². The maximum atomic E-state index is 11.4. The second-order valence-corrected chi connectivity index (χ2v) is 9.25. The van der Waals surface area contributed by atoms with Crippen molar-refractivity contribution in [2.75, 3.05) is 19.8 Å². The zero-order valence-electron chi connectivity index (χ0n) is 20.2. The average Bonchev–Trinajstić information content (AvgIpc) is 3.03. The van der Waals surface area contributed by atoms with Gasteiger partial charge in [-0.25, -0.2) is 0 Å². The van der Waals surface area contributed by atoms with Crippen molar-refractivity contribution in [3.8, 4) is 0 Å². The van der Waals surface area contributed by atoms with Crippen LogP contribution in [-0.4, -0.2) is 43.8 Å². The molecule has 0 spiro atoms. The lowest BCUT2D eigenvalue weighted by Gasteiger charge is -2.19. The fourth-order valence-electron chi connectivity index (χ4n) is 3.98. The van der Waals surface area contributed by atoms with Crippen LogP contribution in [0.1, 0.15) is 118 Å². The highest BCUT2D eigenvalue weighted by Gasteiger charge is 2.32. The van der Waals surface area contributed by atoms with Gasteiger partial charge in [0.25, 0.3) is 0 Å². The molecule has 0 saturated carbocycles. The first-order valence-electron chi connectivity index (χ1n) is 12.5. The van der Waals surface area contributed by atoms with Crippen LogP contribution < -0.4 is 0 Å². The van der Waals surface area contributed by atoms with Gasteiger partial charge in [0.2, 0.25) is 0 Å². The molecule has 178 valence electrons. The summed E-state index contributed by atoms with van der Waals surface area (Å²) < 4.78 is 22.5. The molecule has 5 heteroatoms. The topological polar surface area (TPSA) is 54.0 Å². The Morgan fingerprint density at radius 3 is 1.93 bits per heavy atom. The van der Waals surface area contributed by atoms with Gasteiger partial charge < -0.3 is 18.9 Å². The monoisotopic (exact) mass is 428 g/mol. The summed E-state index contributed by atoms with van der Waals surface area (Å²) in [5, 5.41) is 0. The van der Waals surface area contributed by atoms with E-state index in [1.165, 1.54) is 84.0 Å². The van der Waals surface area contributed by atoms with E-state index in [0.29, 0.717) is 19.8 Å². The van der Waals surface area contributed by atoms with Crippen LogP contribution in [0, 0.1) is 0 Å². The third kappa shape index (κ3) is 15.2. The Morgan fingerprint density at radius 1 is 0.933 bits per heavy atom. The van der Waals surface area contributed by atoms with E-state index < -0.39 is 5.79 Å². The molecule has 0 aromatic heterocycles. The molecule has 2 atom stereocenters. The number of rotatable bonds is 19. The van der Waals surface area contributed by atoms with Crippen LogP contribution in [0.5, 0.6) is 0 Å². The number of hydrogen-bond acceptors (Lipinski definition) is 5. The van der Waals surface area contributed by atoms with Crippen LogP contribution in [0.2, 0.25) is 0 Å². The van der Waals surface area contributed by atoms with Gasteiger partial charge in [0.1, 0.15) is 12.2 Å². The molecule has 0 aliphatic carbocycles. The predicted molar refractivity (Wildman–Crippen MR) is 122 cm³/mol. The SMILES string of the molecule is CCCCCCCCCCCCCCCC(COCC1COC(C)(C)O1)OC(C)=O. The maximum absolute atomic E-state index is 11.4. The van der Waals surface area contributed by atoms with E-state index in [9.17, 15) is 4.79 Å². The Kier molecular flexibility index (Phi) is 15.5. The molecule has 1 saturated heterocycles. The molecule has 0 aromatic carbocycles. The van der Waals surface area contributed by atoms with Gasteiger partial charge in [-0.3, -0.25) is 4.79 Å². The van der Waals surface area contributed by atoms with Gasteiger partial charge >= 0.3 is 5.97 Å². The van der Waals surface area contributed by atoms with E-state index in [2.05, 4.69) is 6.92 Å². The normalized spacial score (nSPS) is 19.1. The van der Waals surface area contributed by atoms with Gasteiger partial charge in [-0.15, -0.1) is 0 Å². The summed E-state index contributed by atoms with van der Waals surface area (Å²) in [4.78, 5) is 11.4. The van der Waals surface area contributed by atoms with Crippen molar-refractivity contribution in [2.45, 2.75) is 136 Å². The van der Waals surface area contributed by atoms with Gasteiger partial charge in [-0.1, -0.05) is 84.0 Å². The number of esters is 1. The Bertz CT molecular complexity index is 424. The number of carbonyl (C=O) groups is 1. The molecule has 5 nitrogen and oxygen atoms in total. The van der Waals surface area contributed by atoms with Gasteiger partial charge in [0, 0.05) is 6.92 Å². The van der Waals surface area contributed by atoms with Crippen LogP contribution in [0.3, 0.4) is 0 Å². The maximum Gasteiger partial charge on any atom is 0.302 e. The lowest BCUT2D eigenvalue weighted by atomic mass is 10.0. The van der Waals surface area contributed by atoms with Gasteiger partial charge in [0.05, 0.1) is 19.8 Å². The summed E-state index contributed by atoms with van der Waals surface area (Å²) in [5.41, 5.74) is 0. The zero-order valence-corrected chi connectivity index (χ0v) is 20.2. The molecule has 1 fully saturated rings. The van der Waals surface area contributed by atoms with E-state index in [1.54, 1.807) is 0 Å². The molecule has 0 amide bonds. The van der Waals surface area contributed by atoms with Crippen LogP contribution in [0.25, 0.3) is 0 Å². The van der Waals surface area contributed by atoms with E-state index in [1.807, 2.05) is 13.8 Å². The molecule has 1 aliphatic heterocycles. The van der Waals surface area contributed by atoms with E-state index in [4.69, 9.17) is 18.9 Å². The standard InChI is InChI=1S/C25H48O5/c1-5-6-7-8-9-10-11-12-13-14-15-16-17-18-23(29-22(2)26)19-27-20-24-21-28-25(3,4)30-24/h23-24H,5-21H2,1-4H3. The first-order chi connectivity index (χ1) is 14.4. The molecule has 0 N–H and O–H groups in total. The number of ether oxygens (including phenoxy) is 4. The number of hydrogen-bond donors (Lipinski definition) is 0. The molecular formula is C25H48O5. The first kappa shape index (κ1) is 27.4. The predicted octanol–water partition coefficient (Wildman–Crippen LogP) is 6.57. The molecule has 0 bridgehead atoms. The minimum Gasteiger partial charge on any atom is -0.460 e. The van der Waals surface area contributed by atoms with E-state index in [-0.39, 0.29) is 18.2 Å². The molecular weight excluding hydrogens is 380 g/mol. The Hall–Kier alpha value is -0.650. The van der Waals surface area contributed by atoms with Crippen LogP contribution in [0.15, 0.2) is 0 Å². The third-order valence-electron chi connectivity index (χ3n) is 5.64. The summed E-state index contributed by atoms with van der Waals surface area (Å²) in [6.45, 7) is 9.00. The fourth-order valence-corrected chi connectivity index (χ4v) is 3.98. The van der Waals surface area contributed by atoms with Gasteiger partial charge in [-0.2, -0.15) is 0 Å². The highest BCUT2D eigenvalue weighted by Crippen LogP contribution is 2.22. The van der Waals surface area contributed by atoms with E-state index >= 15 is 0 Å². The summed E-state index contributed by atoms with van der Waals surface area (Å²) in [6.07, 6.45) is 18.0. The average molecular weight is 429 g/mol. The largest absolute Gasteiger partial charge is 0.460 e. The molecule has 0 aromatic rings. The van der Waals surface area contributed by atoms with Crippen molar-refractivity contribution in [1.29, 1.82) is 0 Å². The lowest BCUT2D eigenvalue weighted by molar-refractivity contribution is -0.154. The van der Waals surface area contributed by atoms with Crippen molar-refractivity contribution >= 4 is 5.97 Å². The van der Waals surface area contributed by atoms with Gasteiger partial charge in [0.15, 0.2) is 5.79 Å². The molecule has 0 radical (unpaired) electrons. The molecule has 1 heterocycles. The van der Waals surface area contributed by atoms with Crippen molar-refractivity contribution in [3.05, 3.63) is 0 Å². The summed E-state index contributed by atoms with van der Waals surface area (Å²) in [7, 11) is 0. The van der Waals surface area contributed by atoms with Crippen molar-refractivity contribution < 1.29 is 23.7 Å². The molecule has 1 rings (SSSR count). The van der Waals surface area contributed by atoms with Gasteiger partial charge in [-0.05, 0) is 26.7 Å². The second-order valence-electron chi connectivity index (χ2n) is 9.25. The van der Waals surface area contributed by atoms with Crippen molar-refractivity contribution in [1.82, 2.24) is 0 Å². The Labute approximate surface area is 185 Å². The smallest absolute Gasteiger partial charge is 0.302 e. The third-order valence-corrected chi connectivity index (χ3v) is 5.64. The minimum absolute atomic E-state index is 0.0469. The van der Waals surface area contributed by atoms with Crippen molar-refractivity contribution in [2.24, 2.45) is 0 Å². The quantitative estimate of drug-likeness (QED) is 0.172. The highest BCUT2D eigenvalue weighted by molar-refractivity contribution is 5.66. The van der Waals surface area contributed by atoms with Crippen molar-refractivity contribution in [3.63, 3.8) is 0 Å². The Balaban J connectivity index is 1.98. The Morgan fingerprint density at radius 2 is 1.47 bits per heavy atom. The minimum atomic E-state index is -0.530. The second kappa shape index (κ2) is 17.0. The zero-order chi connectivity index (χ0) is 22.1. The number of unbranched alkanes of at least 4 members (excludes halogenated alkanes) is 12. The molecule has 1 aliphatic rings.